The maximum atomic E-state index is 12.9. The standard InChI is InChI=1S/C9H10FNO/c1-12-9(11)6-7-4-2-3-5-8(7)10/h2-5,11H,6H2,1H3. The highest BCUT2D eigenvalue weighted by atomic mass is 19.1. The Hall–Kier alpha value is -1.38. The molecule has 0 saturated heterocycles. The third-order valence-corrected chi connectivity index (χ3v) is 1.56. The summed E-state index contributed by atoms with van der Waals surface area (Å²) in [7, 11) is 1.41. The van der Waals surface area contributed by atoms with E-state index in [1.807, 2.05) is 0 Å². The van der Waals surface area contributed by atoms with Gasteiger partial charge < -0.3 is 4.74 Å². The second-order valence-electron chi connectivity index (χ2n) is 2.40. The van der Waals surface area contributed by atoms with E-state index in [9.17, 15) is 4.39 Å². The molecule has 1 N–H and O–H groups in total. The Morgan fingerprint density at radius 1 is 1.50 bits per heavy atom. The molecule has 64 valence electrons. The van der Waals surface area contributed by atoms with E-state index in [2.05, 4.69) is 4.74 Å². The fourth-order valence-electron chi connectivity index (χ4n) is 0.887. The molecule has 3 heteroatoms. The summed E-state index contributed by atoms with van der Waals surface area (Å²) in [4.78, 5) is 0. The van der Waals surface area contributed by atoms with E-state index in [-0.39, 0.29) is 18.1 Å². The summed E-state index contributed by atoms with van der Waals surface area (Å²) in [5.41, 5.74) is 0.490. The number of benzene rings is 1. The van der Waals surface area contributed by atoms with Crippen molar-refractivity contribution in [2.75, 3.05) is 7.11 Å². The lowest BCUT2D eigenvalue weighted by Gasteiger charge is -2.02. The van der Waals surface area contributed by atoms with Crippen LogP contribution in [0.5, 0.6) is 0 Å². The molecule has 2 nitrogen and oxygen atoms in total. The quantitative estimate of drug-likeness (QED) is 0.530. The van der Waals surface area contributed by atoms with Crippen LogP contribution in [0.3, 0.4) is 0 Å². The van der Waals surface area contributed by atoms with Crippen molar-refractivity contribution in [1.82, 2.24) is 0 Å². The van der Waals surface area contributed by atoms with Crippen LogP contribution in [0.15, 0.2) is 24.3 Å². The van der Waals surface area contributed by atoms with Crippen molar-refractivity contribution >= 4 is 5.90 Å². The number of methoxy groups -OCH3 is 1. The Kier molecular flexibility index (Phi) is 2.80. The first kappa shape index (κ1) is 8.71. The SMILES string of the molecule is COC(=N)Cc1ccccc1F. The molecule has 0 aliphatic rings. The van der Waals surface area contributed by atoms with Crippen molar-refractivity contribution in [2.45, 2.75) is 6.42 Å². The second kappa shape index (κ2) is 3.85. The zero-order chi connectivity index (χ0) is 8.97. The zero-order valence-corrected chi connectivity index (χ0v) is 6.80. The van der Waals surface area contributed by atoms with Gasteiger partial charge in [-0.05, 0) is 11.6 Å². The van der Waals surface area contributed by atoms with Crippen LogP contribution >= 0.6 is 0 Å². The molecule has 0 spiro atoms. The Labute approximate surface area is 70.5 Å². The predicted molar refractivity (Wildman–Crippen MR) is 44.8 cm³/mol. The van der Waals surface area contributed by atoms with E-state index in [0.29, 0.717) is 5.56 Å². The molecular formula is C9H10FNO. The largest absolute Gasteiger partial charge is 0.484 e. The molecule has 0 radical (unpaired) electrons. The van der Waals surface area contributed by atoms with Crippen LogP contribution in [-0.2, 0) is 11.2 Å². The van der Waals surface area contributed by atoms with Crippen molar-refractivity contribution in [3.05, 3.63) is 35.6 Å². The van der Waals surface area contributed by atoms with E-state index in [1.165, 1.54) is 13.2 Å². The molecule has 0 saturated carbocycles. The molecule has 12 heavy (non-hydrogen) atoms. The van der Waals surface area contributed by atoms with Gasteiger partial charge in [-0.1, -0.05) is 18.2 Å². The van der Waals surface area contributed by atoms with Crippen molar-refractivity contribution in [3.8, 4) is 0 Å². The second-order valence-corrected chi connectivity index (χ2v) is 2.40. The van der Waals surface area contributed by atoms with Gasteiger partial charge >= 0.3 is 0 Å². The van der Waals surface area contributed by atoms with Crippen LogP contribution < -0.4 is 0 Å². The molecule has 1 aromatic rings. The molecule has 0 bridgehead atoms. The molecular weight excluding hydrogens is 157 g/mol. The number of hydrogen-bond acceptors (Lipinski definition) is 2. The molecule has 0 atom stereocenters. The summed E-state index contributed by atoms with van der Waals surface area (Å²) >= 11 is 0. The molecule has 0 aromatic heterocycles. The van der Waals surface area contributed by atoms with Gasteiger partial charge in [-0.15, -0.1) is 0 Å². The van der Waals surface area contributed by atoms with Crippen molar-refractivity contribution in [3.63, 3.8) is 0 Å². The first-order chi connectivity index (χ1) is 5.74. The number of halogens is 1. The van der Waals surface area contributed by atoms with Gasteiger partial charge in [0.15, 0.2) is 5.90 Å². The van der Waals surface area contributed by atoms with E-state index in [4.69, 9.17) is 5.41 Å². The number of hydrogen-bond donors (Lipinski definition) is 1. The Morgan fingerprint density at radius 2 is 2.17 bits per heavy atom. The normalized spacial score (nSPS) is 9.50. The average molecular weight is 167 g/mol. The van der Waals surface area contributed by atoms with Crippen molar-refractivity contribution in [2.24, 2.45) is 0 Å². The minimum absolute atomic E-state index is 0.0695. The summed E-state index contributed by atoms with van der Waals surface area (Å²) in [6.45, 7) is 0. The van der Waals surface area contributed by atoms with Crippen molar-refractivity contribution < 1.29 is 9.13 Å². The summed E-state index contributed by atoms with van der Waals surface area (Å²) in [6, 6.07) is 6.37. The molecule has 0 unspecified atom stereocenters. The van der Waals surface area contributed by atoms with Gasteiger partial charge in [-0.25, -0.2) is 4.39 Å². The van der Waals surface area contributed by atoms with Gasteiger partial charge in [-0.3, -0.25) is 5.41 Å². The van der Waals surface area contributed by atoms with Crippen LogP contribution in [0.4, 0.5) is 4.39 Å². The van der Waals surface area contributed by atoms with Crippen LogP contribution in [0.2, 0.25) is 0 Å². The van der Waals surface area contributed by atoms with Crippen LogP contribution in [-0.4, -0.2) is 13.0 Å². The van der Waals surface area contributed by atoms with E-state index < -0.39 is 0 Å². The van der Waals surface area contributed by atoms with Crippen molar-refractivity contribution in [1.29, 1.82) is 5.41 Å². The zero-order valence-electron chi connectivity index (χ0n) is 6.80. The highest BCUT2D eigenvalue weighted by molar-refractivity contribution is 5.75. The maximum absolute atomic E-state index is 12.9. The van der Waals surface area contributed by atoms with Gasteiger partial charge in [0.05, 0.1) is 13.5 Å². The molecule has 1 aromatic carbocycles. The fraction of sp³-hybridized carbons (Fsp3) is 0.222. The summed E-state index contributed by atoms with van der Waals surface area (Å²) < 4.78 is 17.6. The Morgan fingerprint density at radius 3 is 2.75 bits per heavy atom. The first-order valence-electron chi connectivity index (χ1n) is 3.59. The van der Waals surface area contributed by atoms with Gasteiger partial charge in [0.1, 0.15) is 5.82 Å². The average Bonchev–Trinajstić information content (AvgIpc) is 2.09. The predicted octanol–water partition coefficient (Wildman–Crippen LogP) is 1.99. The number of nitrogens with one attached hydrogen (secondary N) is 1. The van der Waals surface area contributed by atoms with Crippen LogP contribution in [0, 0.1) is 11.2 Å². The molecule has 0 aliphatic heterocycles. The highest BCUT2D eigenvalue weighted by Crippen LogP contribution is 2.07. The third-order valence-electron chi connectivity index (χ3n) is 1.56. The van der Waals surface area contributed by atoms with Crippen LogP contribution in [0.25, 0.3) is 0 Å². The smallest absolute Gasteiger partial charge is 0.184 e. The highest BCUT2D eigenvalue weighted by Gasteiger charge is 2.03. The molecule has 0 heterocycles. The van der Waals surface area contributed by atoms with Gasteiger partial charge in [0, 0.05) is 0 Å². The molecule has 0 amide bonds. The molecule has 0 aliphatic carbocycles. The Balaban J connectivity index is 2.75. The van der Waals surface area contributed by atoms with Crippen LogP contribution in [0.1, 0.15) is 5.56 Å². The van der Waals surface area contributed by atoms with Gasteiger partial charge in [-0.2, -0.15) is 0 Å². The van der Waals surface area contributed by atoms with Gasteiger partial charge in [0.25, 0.3) is 0 Å². The topological polar surface area (TPSA) is 33.1 Å². The third kappa shape index (κ3) is 2.05. The number of rotatable bonds is 2. The molecule has 1 rings (SSSR count). The first-order valence-corrected chi connectivity index (χ1v) is 3.59. The van der Waals surface area contributed by atoms with E-state index in [1.54, 1.807) is 18.2 Å². The van der Waals surface area contributed by atoms with E-state index >= 15 is 0 Å². The summed E-state index contributed by atoms with van der Waals surface area (Å²) in [5, 5.41) is 7.18. The minimum atomic E-state index is -0.292. The Bertz CT molecular complexity index is 286. The lowest BCUT2D eigenvalue weighted by Crippen LogP contribution is -2.04. The van der Waals surface area contributed by atoms with E-state index in [0.717, 1.165) is 0 Å². The minimum Gasteiger partial charge on any atom is -0.484 e. The number of ether oxygens (including phenoxy) is 1. The summed E-state index contributed by atoms with van der Waals surface area (Å²) in [6.07, 6.45) is 0.211. The maximum Gasteiger partial charge on any atom is 0.184 e. The fourth-order valence-corrected chi connectivity index (χ4v) is 0.887. The lowest BCUT2D eigenvalue weighted by molar-refractivity contribution is 0.389. The van der Waals surface area contributed by atoms with Gasteiger partial charge in [0.2, 0.25) is 0 Å². The summed E-state index contributed by atoms with van der Waals surface area (Å²) in [5.74, 6) is -0.223. The molecule has 0 fully saturated rings. The lowest BCUT2D eigenvalue weighted by atomic mass is 10.1. The monoisotopic (exact) mass is 167 g/mol.